The van der Waals surface area contributed by atoms with Crippen LogP contribution < -0.4 is 10.6 Å². The molecule has 1 aliphatic rings. The molecule has 2 rings (SSSR count). The Kier molecular flexibility index (Phi) is 4.31. The lowest BCUT2D eigenvalue weighted by atomic mass is 9.89. The minimum atomic E-state index is 0.457. The van der Waals surface area contributed by atoms with Crippen LogP contribution >= 0.6 is 0 Å². The molecule has 1 aromatic rings. The van der Waals surface area contributed by atoms with E-state index < -0.39 is 0 Å². The third-order valence-corrected chi connectivity index (χ3v) is 3.56. The van der Waals surface area contributed by atoms with Crippen molar-refractivity contribution < 1.29 is 0 Å². The molecule has 0 aromatic carbocycles. The maximum atomic E-state index is 5.69. The molecule has 94 valence electrons. The van der Waals surface area contributed by atoms with E-state index in [1.54, 1.807) is 12.4 Å². The third-order valence-electron chi connectivity index (χ3n) is 3.56. The van der Waals surface area contributed by atoms with Gasteiger partial charge in [0.25, 0.3) is 0 Å². The number of nitrogens with zero attached hydrogens (tertiary/aromatic N) is 3. The van der Waals surface area contributed by atoms with E-state index >= 15 is 0 Å². The first kappa shape index (κ1) is 12.3. The van der Waals surface area contributed by atoms with E-state index in [1.807, 2.05) is 0 Å². The van der Waals surface area contributed by atoms with Gasteiger partial charge in [-0.05, 0) is 18.8 Å². The van der Waals surface area contributed by atoms with Crippen LogP contribution in [0.5, 0.6) is 0 Å². The highest BCUT2D eigenvalue weighted by Gasteiger charge is 2.17. The first-order valence-electron chi connectivity index (χ1n) is 6.52. The molecule has 1 fully saturated rings. The number of aromatic nitrogens is 2. The first-order chi connectivity index (χ1) is 8.31. The lowest BCUT2D eigenvalue weighted by Crippen LogP contribution is -2.29. The average molecular weight is 234 g/mol. The first-order valence-corrected chi connectivity index (χ1v) is 6.52. The lowest BCUT2D eigenvalue weighted by molar-refractivity contribution is 0.361. The van der Waals surface area contributed by atoms with E-state index in [9.17, 15) is 0 Å². The molecule has 0 radical (unpaired) electrons. The van der Waals surface area contributed by atoms with E-state index in [4.69, 9.17) is 5.73 Å². The molecule has 0 amide bonds. The quantitative estimate of drug-likeness (QED) is 0.865. The van der Waals surface area contributed by atoms with Crippen LogP contribution in [0.15, 0.2) is 12.4 Å². The Morgan fingerprint density at radius 1 is 1.24 bits per heavy atom. The summed E-state index contributed by atoms with van der Waals surface area (Å²) in [5, 5.41) is 0. The van der Waals surface area contributed by atoms with Crippen LogP contribution in [0.1, 0.15) is 37.8 Å². The summed E-state index contributed by atoms with van der Waals surface area (Å²) in [4.78, 5) is 10.9. The fraction of sp³-hybridized carbons (Fsp3) is 0.692. The summed E-state index contributed by atoms with van der Waals surface area (Å²) in [6.45, 7) is 1.53. The molecule has 2 N–H and O–H groups in total. The number of anilines is 1. The fourth-order valence-electron chi connectivity index (χ4n) is 2.67. The minimum Gasteiger partial charge on any atom is -0.358 e. The van der Waals surface area contributed by atoms with Gasteiger partial charge in [0.2, 0.25) is 0 Å². The van der Waals surface area contributed by atoms with Gasteiger partial charge in [0.15, 0.2) is 5.82 Å². The normalized spacial score (nSPS) is 17.1. The Hall–Kier alpha value is -1.16. The van der Waals surface area contributed by atoms with Crippen molar-refractivity contribution in [1.82, 2.24) is 9.97 Å². The predicted molar refractivity (Wildman–Crippen MR) is 69.8 cm³/mol. The van der Waals surface area contributed by atoms with Crippen LogP contribution in [0.25, 0.3) is 0 Å². The van der Waals surface area contributed by atoms with Gasteiger partial charge in [-0.3, -0.25) is 4.98 Å². The van der Waals surface area contributed by atoms with E-state index in [-0.39, 0.29) is 0 Å². The van der Waals surface area contributed by atoms with E-state index in [0.717, 1.165) is 24.0 Å². The minimum absolute atomic E-state index is 0.457. The molecule has 0 atom stereocenters. The van der Waals surface area contributed by atoms with Crippen molar-refractivity contribution in [3.8, 4) is 0 Å². The SMILES string of the molecule is CN(CC1CCCCC1)c1nccnc1CN. The number of rotatable bonds is 4. The second kappa shape index (κ2) is 5.96. The van der Waals surface area contributed by atoms with Crippen molar-refractivity contribution in [3.63, 3.8) is 0 Å². The summed E-state index contributed by atoms with van der Waals surface area (Å²) in [7, 11) is 2.10. The summed E-state index contributed by atoms with van der Waals surface area (Å²) in [6, 6.07) is 0. The molecule has 0 bridgehead atoms. The van der Waals surface area contributed by atoms with E-state index in [0.29, 0.717) is 6.54 Å². The van der Waals surface area contributed by atoms with Gasteiger partial charge in [0.1, 0.15) is 0 Å². The van der Waals surface area contributed by atoms with Crippen LogP contribution in [0.3, 0.4) is 0 Å². The zero-order chi connectivity index (χ0) is 12.1. The van der Waals surface area contributed by atoms with Crippen LogP contribution in [0.4, 0.5) is 5.82 Å². The van der Waals surface area contributed by atoms with Gasteiger partial charge in [0.05, 0.1) is 5.69 Å². The van der Waals surface area contributed by atoms with Crippen LogP contribution in [-0.4, -0.2) is 23.6 Å². The van der Waals surface area contributed by atoms with Crippen LogP contribution in [0, 0.1) is 5.92 Å². The molecule has 1 aliphatic carbocycles. The number of hydrogen-bond donors (Lipinski definition) is 1. The van der Waals surface area contributed by atoms with Crippen molar-refractivity contribution >= 4 is 5.82 Å². The van der Waals surface area contributed by atoms with Crippen molar-refractivity contribution in [2.24, 2.45) is 11.7 Å². The molecule has 1 aromatic heterocycles. The Balaban J connectivity index is 2.00. The highest BCUT2D eigenvalue weighted by molar-refractivity contribution is 5.41. The summed E-state index contributed by atoms with van der Waals surface area (Å²) in [5.41, 5.74) is 6.59. The van der Waals surface area contributed by atoms with Gasteiger partial charge >= 0.3 is 0 Å². The molecule has 0 saturated heterocycles. The van der Waals surface area contributed by atoms with Crippen molar-refractivity contribution in [2.75, 3.05) is 18.5 Å². The predicted octanol–water partition coefficient (Wildman–Crippen LogP) is 1.95. The molecular weight excluding hydrogens is 212 g/mol. The molecule has 4 nitrogen and oxygen atoms in total. The Morgan fingerprint density at radius 2 is 1.94 bits per heavy atom. The van der Waals surface area contributed by atoms with Gasteiger partial charge in [-0.25, -0.2) is 4.98 Å². The van der Waals surface area contributed by atoms with Crippen molar-refractivity contribution in [3.05, 3.63) is 18.1 Å². The zero-order valence-corrected chi connectivity index (χ0v) is 10.6. The fourth-order valence-corrected chi connectivity index (χ4v) is 2.67. The molecular formula is C13H22N4. The second-order valence-electron chi connectivity index (χ2n) is 4.92. The van der Waals surface area contributed by atoms with Gasteiger partial charge in [-0.15, -0.1) is 0 Å². The molecule has 0 unspecified atom stereocenters. The topological polar surface area (TPSA) is 55.0 Å². The van der Waals surface area contributed by atoms with Gasteiger partial charge in [-0.1, -0.05) is 19.3 Å². The number of nitrogens with two attached hydrogens (primary N) is 1. The average Bonchev–Trinajstić information content (AvgIpc) is 2.40. The maximum Gasteiger partial charge on any atom is 0.151 e. The lowest BCUT2D eigenvalue weighted by Gasteiger charge is -2.28. The van der Waals surface area contributed by atoms with Crippen molar-refractivity contribution in [2.45, 2.75) is 38.6 Å². The molecule has 17 heavy (non-hydrogen) atoms. The standard InChI is InChI=1S/C13H22N4/c1-17(10-11-5-3-2-4-6-11)13-12(9-14)15-7-8-16-13/h7-8,11H,2-6,9-10,14H2,1H3. The Labute approximate surface area is 103 Å². The van der Waals surface area contributed by atoms with Gasteiger partial charge in [-0.2, -0.15) is 0 Å². The third kappa shape index (κ3) is 3.16. The van der Waals surface area contributed by atoms with Gasteiger partial charge in [0, 0.05) is 32.5 Å². The second-order valence-corrected chi connectivity index (χ2v) is 4.92. The maximum absolute atomic E-state index is 5.69. The van der Waals surface area contributed by atoms with E-state index in [2.05, 4.69) is 21.9 Å². The summed E-state index contributed by atoms with van der Waals surface area (Å²) < 4.78 is 0. The number of hydrogen-bond acceptors (Lipinski definition) is 4. The highest BCUT2D eigenvalue weighted by atomic mass is 15.2. The molecule has 1 saturated carbocycles. The van der Waals surface area contributed by atoms with E-state index in [1.165, 1.54) is 32.1 Å². The summed E-state index contributed by atoms with van der Waals surface area (Å²) in [6.07, 6.45) is 10.3. The molecule has 0 spiro atoms. The van der Waals surface area contributed by atoms with Crippen LogP contribution in [-0.2, 0) is 6.54 Å². The van der Waals surface area contributed by atoms with Crippen LogP contribution in [0.2, 0.25) is 0 Å². The zero-order valence-electron chi connectivity index (χ0n) is 10.6. The molecule has 0 aliphatic heterocycles. The summed E-state index contributed by atoms with van der Waals surface area (Å²) >= 11 is 0. The molecule has 4 heteroatoms. The summed E-state index contributed by atoms with van der Waals surface area (Å²) in [5.74, 6) is 1.75. The van der Waals surface area contributed by atoms with Gasteiger partial charge < -0.3 is 10.6 Å². The Bertz CT molecular complexity index is 347. The monoisotopic (exact) mass is 234 g/mol. The smallest absolute Gasteiger partial charge is 0.151 e. The largest absolute Gasteiger partial charge is 0.358 e. The molecule has 1 heterocycles. The Morgan fingerprint density at radius 3 is 2.65 bits per heavy atom. The highest BCUT2D eigenvalue weighted by Crippen LogP contribution is 2.25. The van der Waals surface area contributed by atoms with Crippen molar-refractivity contribution in [1.29, 1.82) is 0 Å².